The Bertz CT molecular complexity index is 351. The molecule has 0 nitrogen and oxygen atoms in total. The molecule has 0 heterocycles. The van der Waals surface area contributed by atoms with Crippen molar-refractivity contribution in [3.05, 3.63) is 34.9 Å². The normalized spacial score (nSPS) is 10.9. The van der Waals surface area contributed by atoms with Crippen molar-refractivity contribution < 1.29 is 0 Å². The molecule has 0 spiro atoms. The van der Waals surface area contributed by atoms with Crippen LogP contribution < -0.4 is 0 Å². The van der Waals surface area contributed by atoms with Crippen LogP contribution in [0.4, 0.5) is 0 Å². The molecule has 0 aliphatic rings. The van der Waals surface area contributed by atoms with Gasteiger partial charge in [0.1, 0.15) is 0 Å². The van der Waals surface area contributed by atoms with Crippen LogP contribution in [-0.4, -0.2) is 0 Å². The zero-order valence-corrected chi connectivity index (χ0v) is 13.9. The minimum Gasteiger partial charge on any atom is -0.0654 e. The van der Waals surface area contributed by atoms with Gasteiger partial charge < -0.3 is 0 Å². The molecule has 0 aromatic heterocycles. The summed E-state index contributed by atoms with van der Waals surface area (Å²) in [5, 5.41) is 0. The summed E-state index contributed by atoms with van der Waals surface area (Å²) in [4.78, 5) is 0. The Kier molecular flexibility index (Phi) is 9.45. The quantitative estimate of drug-likeness (QED) is 0.415. The standard InChI is InChI=1S/C20H33/c1-4-7-8-9-10-11-12-13-15-19-17-14-16-18(5-2)20(19)6-3/h14,16H,4-13,15H2,1-3H3. The third-order valence-corrected chi connectivity index (χ3v) is 4.31. The number of unbranched alkanes of at least 4 members (excludes halogenated alkanes) is 7. The molecule has 0 atom stereocenters. The van der Waals surface area contributed by atoms with Gasteiger partial charge >= 0.3 is 0 Å². The minimum atomic E-state index is 1.16. The first-order chi connectivity index (χ1) is 9.83. The van der Waals surface area contributed by atoms with E-state index in [0.717, 1.165) is 12.8 Å². The van der Waals surface area contributed by atoms with Crippen molar-refractivity contribution in [2.45, 2.75) is 91.4 Å². The van der Waals surface area contributed by atoms with Crippen LogP contribution in [0.15, 0.2) is 12.1 Å². The van der Waals surface area contributed by atoms with Crippen molar-refractivity contribution in [2.24, 2.45) is 0 Å². The molecule has 0 fully saturated rings. The highest BCUT2D eigenvalue weighted by Crippen LogP contribution is 2.19. The Morgan fingerprint density at radius 2 is 1.45 bits per heavy atom. The number of benzene rings is 1. The summed E-state index contributed by atoms with van der Waals surface area (Å²) in [5.41, 5.74) is 4.58. The molecule has 0 amide bonds. The molecular formula is C20H33. The maximum absolute atomic E-state index is 3.48. The average Bonchev–Trinajstić information content (AvgIpc) is 2.49. The van der Waals surface area contributed by atoms with Crippen LogP contribution in [0.3, 0.4) is 0 Å². The fraction of sp³-hybridized carbons (Fsp3) is 0.700. The first-order valence-electron chi connectivity index (χ1n) is 8.84. The summed E-state index contributed by atoms with van der Waals surface area (Å²) < 4.78 is 0. The van der Waals surface area contributed by atoms with Crippen LogP contribution in [0, 0.1) is 6.07 Å². The Balaban J connectivity index is 2.25. The van der Waals surface area contributed by atoms with E-state index in [4.69, 9.17) is 0 Å². The van der Waals surface area contributed by atoms with E-state index in [1.54, 1.807) is 5.56 Å². The van der Waals surface area contributed by atoms with Gasteiger partial charge in [-0.25, -0.2) is 0 Å². The molecular weight excluding hydrogens is 240 g/mol. The van der Waals surface area contributed by atoms with Gasteiger partial charge in [-0.05, 0) is 48.4 Å². The number of hydrogen-bond acceptors (Lipinski definition) is 0. The molecule has 0 bridgehead atoms. The van der Waals surface area contributed by atoms with Gasteiger partial charge in [0, 0.05) is 0 Å². The molecule has 0 saturated carbocycles. The van der Waals surface area contributed by atoms with Crippen LogP contribution in [-0.2, 0) is 19.3 Å². The summed E-state index contributed by atoms with van der Waals surface area (Å²) >= 11 is 0. The largest absolute Gasteiger partial charge is 0.0654 e. The molecule has 0 aliphatic carbocycles. The minimum absolute atomic E-state index is 1.16. The lowest BCUT2D eigenvalue weighted by molar-refractivity contribution is 0.575. The maximum Gasteiger partial charge on any atom is -0.0146 e. The SMILES string of the molecule is CCCCCCCCCCc1[c]ccc(CC)c1CC. The predicted octanol–water partition coefficient (Wildman–Crippen LogP) is 6.29. The second-order valence-corrected chi connectivity index (χ2v) is 5.89. The van der Waals surface area contributed by atoms with E-state index in [2.05, 4.69) is 39.0 Å². The zero-order chi connectivity index (χ0) is 14.6. The van der Waals surface area contributed by atoms with E-state index in [0.29, 0.717) is 0 Å². The van der Waals surface area contributed by atoms with E-state index in [1.807, 2.05) is 0 Å². The molecule has 1 radical (unpaired) electrons. The number of rotatable bonds is 11. The smallest absolute Gasteiger partial charge is 0.0146 e. The van der Waals surface area contributed by atoms with E-state index >= 15 is 0 Å². The lowest BCUT2D eigenvalue weighted by atomic mass is 9.93. The topological polar surface area (TPSA) is 0 Å². The average molecular weight is 273 g/mol. The second kappa shape index (κ2) is 10.9. The highest BCUT2D eigenvalue weighted by Gasteiger charge is 2.05. The van der Waals surface area contributed by atoms with Crippen LogP contribution >= 0.6 is 0 Å². The number of aryl methyl sites for hydroxylation is 2. The molecule has 0 aliphatic heterocycles. The zero-order valence-electron chi connectivity index (χ0n) is 13.9. The van der Waals surface area contributed by atoms with Gasteiger partial charge in [-0.3, -0.25) is 0 Å². The van der Waals surface area contributed by atoms with Crippen LogP contribution in [0.5, 0.6) is 0 Å². The van der Waals surface area contributed by atoms with E-state index in [-0.39, 0.29) is 0 Å². The summed E-state index contributed by atoms with van der Waals surface area (Å²) in [7, 11) is 0. The van der Waals surface area contributed by atoms with Crippen molar-refractivity contribution in [1.29, 1.82) is 0 Å². The molecule has 0 N–H and O–H groups in total. The van der Waals surface area contributed by atoms with Crippen LogP contribution in [0.2, 0.25) is 0 Å². The number of hydrogen-bond donors (Lipinski definition) is 0. The molecule has 1 aromatic rings. The molecule has 1 rings (SSSR count). The first kappa shape index (κ1) is 17.3. The first-order valence-corrected chi connectivity index (χ1v) is 8.84. The fourth-order valence-electron chi connectivity index (χ4n) is 3.05. The predicted molar refractivity (Wildman–Crippen MR) is 90.3 cm³/mol. The van der Waals surface area contributed by atoms with Gasteiger partial charge in [0.15, 0.2) is 0 Å². The van der Waals surface area contributed by atoms with Crippen molar-refractivity contribution >= 4 is 0 Å². The Labute approximate surface area is 127 Å². The maximum atomic E-state index is 3.48. The van der Waals surface area contributed by atoms with E-state index in [9.17, 15) is 0 Å². The highest BCUT2D eigenvalue weighted by molar-refractivity contribution is 5.34. The van der Waals surface area contributed by atoms with Gasteiger partial charge in [0.2, 0.25) is 0 Å². The molecule has 1 aromatic carbocycles. The monoisotopic (exact) mass is 273 g/mol. The molecule has 113 valence electrons. The third kappa shape index (κ3) is 6.11. The highest BCUT2D eigenvalue weighted by atomic mass is 14.1. The molecule has 0 unspecified atom stereocenters. The summed E-state index contributed by atoms with van der Waals surface area (Å²) in [6.45, 7) is 6.82. The van der Waals surface area contributed by atoms with Gasteiger partial charge in [-0.2, -0.15) is 0 Å². The van der Waals surface area contributed by atoms with Gasteiger partial charge in [0.05, 0.1) is 0 Å². The van der Waals surface area contributed by atoms with Crippen molar-refractivity contribution in [2.75, 3.05) is 0 Å². The van der Waals surface area contributed by atoms with Crippen molar-refractivity contribution in [1.82, 2.24) is 0 Å². The van der Waals surface area contributed by atoms with E-state index in [1.165, 1.54) is 68.9 Å². The lowest BCUT2D eigenvalue weighted by Gasteiger charge is -2.12. The second-order valence-electron chi connectivity index (χ2n) is 5.89. The Morgan fingerprint density at radius 1 is 0.800 bits per heavy atom. The van der Waals surface area contributed by atoms with Gasteiger partial charge in [0.25, 0.3) is 0 Å². The van der Waals surface area contributed by atoms with Crippen molar-refractivity contribution in [3.63, 3.8) is 0 Å². The summed E-state index contributed by atoms with van der Waals surface area (Å²) in [5.74, 6) is 0. The van der Waals surface area contributed by atoms with E-state index < -0.39 is 0 Å². The Morgan fingerprint density at radius 3 is 2.05 bits per heavy atom. The molecule has 0 saturated heterocycles. The Hall–Kier alpha value is -0.780. The van der Waals surface area contributed by atoms with Crippen LogP contribution in [0.25, 0.3) is 0 Å². The molecule has 20 heavy (non-hydrogen) atoms. The van der Waals surface area contributed by atoms with Crippen molar-refractivity contribution in [3.8, 4) is 0 Å². The fourth-order valence-corrected chi connectivity index (χ4v) is 3.05. The third-order valence-electron chi connectivity index (χ3n) is 4.31. The van der Waals surface area contributed by atoms with Crippen LogP contribution in [0.1, 0.15) is 88.8 Å². The summed E-state index contributed by atoms with van der Waals surface area (Å²) in [6.07, 6.45) is 14.7. The lowest BCUT2D eigenvalue weighted by Crippen LogP contribution is -1.99. The van der Waals surface area contributed by atoms with Gasteiger partial charge in [-0.1, -0.05) is 77.8 Å². The summed E-state index contributed by atoms with van der Waals surface area (Å²) in [6, 6.07) is 7.85. The van der Waals surface area contributed by atoms with Gasteiger partial charge in [-0.15, -0.1) is 0 Å². The molecule has 0 heteroatoms.